The summed E-state index contributed by atoms with van der Waals surface area (Å²) in [6.45, 7) is 3.84. The van der Waals surface area contributed by atoms with Crippen LogP contribution in [-0.2, 0) is 0 Å². The van der Waals surface area contributed by atoms with Gasteiger partial charge in [0.25, 0.3) is 5.89 Å². The highest BCUT2D eigenvalue weighted by Gasteiger charge is 2.14. The summed E-state index contributed by atoms with van der Waals surface area (Å²) in [5.74, 6) is 1.27. The molecule has 0 radical (unpaired) electrons. The lowest BCUT2D eigenvalue weighted by Gasteiger charge is -2.00. The number of hydrogen-bond donors (Lipinski definition) is 1. The summed E-state index contributed by atoms with van der Waals surface area (Å²) in [7, 11) is 0. The van der Waals surface area contributed by atoms with Gasteiger partial charge in [0.05, 0.1) is 11.3 Å². The van der Waals surface area contributed by atoms with E-state index < -0.39 is 0 Å². The van der Waals surface area contributed by atoms with Crippen LogP contribution >= 0.6 is 0 Å². The number of aryl methyl sites for hydroxylation is 2. The highest BCUT2D eigenvalue weighted by molar-refractivity contribution is 5.58. The van der Waals surface area contributed by atoms with Crippen molar-refractivity contribution in [2.45, 2.75) is 13.8 Å². The van der Waals surface area contributed by atoms with Crippen LogP contribution in [0.25, 0.3) is 23.1 Å². The maximum absolute atomic E-state index is 5.21. The van der Waals surface area contributed by atoms with Crippen LogP contribution in [0.1, 0.15) is 11.4 Å². The van der Waals surface area contributed by atoms with Crippen LogP contribution in [0.2, 0.25) is 0 Å². The molecule has 1 N–H and O–H groups in total. The van der Waals surface area contributed by atoms with Gasteiger partial charge in [-0.25, -0.2) is 4.98 Å². The second-order valence-corrected chi connectivity index (χ2v) is 3.84. The van der Waals surface area contributed by atoms with Gasteiger partial charge in [0, 0.05) is 5.69 Å². The third-order valence-corrected chi connectivity index (χ3v) is 2.51. The molecule has 3 aromatic rings. The molecular formula is C11H10N6O. The Balaban J connectivity index is 2.03. The second kappa shape index (κ2) is 4.02. The van der Waals surface area contributed by atoms with Crippen molar-refractivity contribution in [3.63, 3.8) is 0 Å². The van der Waals surface area contributed by atoms with Gasteiger partial charge < -0.3 is 4.52 Å². The molecule has 0 aromatic carbocycles. The minimum Gasteiger partial charge on any atom is -0.333 e. The van der Waals surface area contributed by atoms with Gasteiger partial charge in [-0.3, -0.25) is 10.1 Å². The topological polar surface area (TPSA) is 93.4 Å². The number of pyridine rings is 1. The zero-order chi connectivity index (χ0) is 12.5. The van der Waals surface area contributed by atoms with Crippen molar-refractivity contribution >= 4 is 0 Å². The Morgan fingerprint density at radius 1 is 1.17 bits per heavy atom. The lowest BCUT2D eigenvalue weighted by molar-refractivity contribution is 0.431. The van der Waals surface area contributed by atoms with E-state index in [0.717, 1.165) is 17.0 Å². The molecule has 90 valence electrons. The van der Waals surface area contributed by atoms with Crippen molar-refractivity contribution in [2.24, 2.45) is 0 Å². The molecule has 3 rings (SSSR count). The molecule has 0 aliphatic carbocycles. The highest BCUT2D eigenvalue weighted by atomic mass is 16.5. The number of aromatic nitrogens is 6. The van der Waals surface area contributed by atoms with E-state index in [1.807, 2.05) is 26.0 Å². The molecule has 3 aromatic heterocycles. The lowest BCUT2D eigenvalue weighted by Crippen LogP contribution is -1.90. The van der Waals surface area contributed by atoms with E-state index in [0.29, 0.717) is 17.5 Å². The summed E-state index contributed by atoms with van der Waals surface area (Å²) in [5, 5.41) is 10.3. The largest absolute Gasteiger partial charge is 0.333 e. The lowest BCUT2D eigenvalue weighted by atomic mass is 10.2. The van der Waals surface area contributed by atoms with Crippen LogP contribution in [-0.4, -0.2) is 30.3 Å². The van der Waals surface area contributed by atoms with Gasteiger partial charge in [-0.05, 0) is 26.0 Å². The second-order valence-electron chi connectivity index (χ2n) is 3.84. The summed E-state index contributed by atoms with van der Waals surface area (Å²) >= 11 is 0. The first-order valence-corrected chi connectivity index (χ1v) is 5.38. The first kappa shape index (κ1) is 10.6. The average Bonchev–Trinajstić information content (AvgIpc) is 2.99. The molecule has 0 unspecified atom stereocenters. The molecule has 0 atom stereocenters. The van der Waals surface area contributed by atoms with Gasteiger partial charge in [0.15, 0.2) is 5.82 Å². The molecule has 0 spiro atoms. The molecule has 0 aliphatic rings. The van der Waals surface area contributed by atoms with E-state index in [4.69, 9.17) is 4.52 Å². The summed E-state index contributed by atoms with van der Waals surface area (Å²) in [6, 6.07) is 3.82. The maximum atomic E-state index is 5.21. The van der Waals surface area contributed by atoms with E-state index in [-0.39, 0.29) is 0 Å². The van der Waals surface area contributed by atoms with Crippen LogP contribution in [0.4, 0.5) is 0 Å². The minimum atomic E-state index is 0.377. The fourth-order valence-corrected chi connectivity index (χ4v) is 1.65. The molecule has 18 heavy (non-hydrogen) atoms. The van der Waals surface area contributed by atoms with Crippen LogP contribution in [0, 0.1) is 13.8 Å². The molecular weight excluding hydrogens is 232 g/mol. The summed E-state index contributed by atoms with van der Waals surface area (Å²) in [6.07, 6.45) is 1.39. The quantitative estimate of drug-likeness (QED) is 0.732. The van der Waals surface area contributed by atoms with Gasteiger partial charge in [0.1, 0.15) is 6.33 Å². The zero-order valence-corrected chi connectivity index (χ0v) is 9.88. The van der Waals surface area contributed by atoms with Crippen molar-refractivity contribution in [3.05, 3.63) is 29.8 Å². The fourth-order valence-electron chi connectivity index (χ4n) is 1.65. The molecule has 0 amide bonds. The van der Waals surface area contributed by atoms with Crippen molar-refractivity contribution in [1.29, 1.82) is 0 Å². The van der Waals surface area contributed by atoms with Crippen LogP contribution in [0.5, 0.6) is 0 Å². The van der Waals surface area contributed by atoms with Crippen LogP contribution in [0.3, 0.4) is 0 Å². The number of nitrogens with zero attached hydrogens (tertiary/aromatic N) is 5. The van der Waals surface area contributed by atoms with Crippen molar-refractivity contribution in [3.8, 4) is 23.1 Å². The Labute approximate surface area is 102 Å². The van der Waals surface area contributed by atoms with Gasteiger partial charge >= 0.3 is 0 Å². The van der Waals surface area contributed by atoms with Crippen LogP contribution in [0.15, 0.2) is 23.0 Å². The number of aromatic amines is 1. The summed E-state index contributed by atoms with van der Waals surface area (Å²) in [4.78, 5) is 12.6. The standard InChI is InChI=1S/C11H10N6O/c1-6-3-4-8(7(2)14-6)11-15-10(17-18-11)9-12-5-13-16-9/h3-5H,1-2H3,(H,12,13,16). The maximum Gasteiger partial charge on any atom is 0.260 e. The van der Waals surface area contributed by atoms with Gasteiger partial charge in [-0.2, -0.15) is 10.1 Å². The highest BCUT2D eigenvalue weighted by Crippen LogP contribution is 2.22. The normalized spacial score (nSPS) is 10.8. The smallest absolute Gasteiger partial charge is 0.260 e. The zero-order valence-electron chi connectivity index (χ0n) is 9.88. The molecule has 0 aliphatic heterocycles. The van der Waals surface area contributed by atoms with E-state index in [2.05, 4.69) is 30.3 Å². The average molecular weight is 242 g/mol. The van der Waals surface area contributed by atoms with Gasteiger partial charge in [-0.15, -0.1) is 0 Å². The SMILES string of the molecule is Cc1ccc(-c2nc(-c3ncn[nH]3)no2)c(C)n1. The van der Waals surface area contributed by atoms with Crippen molar-refractivity contribution < 1.29 is 4.52 Å². The predicted octanol–water partition coefficient (Wildman–Crippen LogP) is 1.53. The molecule has 0 fully saturated rings. The Bertz CT molecular complexity index is 673. The fraction of sp³-hybridized carbons (Fsp3) is 0.182. The Morgan fingerprint density at radius 2 is 2.06 bits per heavy atom. The van der Waals surface area contributed by atoms with Crippen molar-refractivity contribution in [1.82, 2.24) is 30.3 Å². The minimum absolute atomic E-state index is 0.377. The van der Waals surface area contributed by atoms with E-state index >= 15 is 0 Å². The van der Waals surface area contributed by atoms with Crippen molar-refractivity contribution in [2.75, 3.05) is 0 Å². The van der Waals surface area contributed by atoms with E-state index in [1.165, 1.54) is 6.33 Å². The third-order valence-electron chi connectivity index (χ3n) is 2.51. The summed E-state index contributed by atoms with van der Waals surface area (Å²) in [5.41, 5.74) is 2.62. The Hall–Kier alpha value is -2.57. The van der Waals surface area contributed by atoms with Crippen LogP contribution < -0.4 is 0 Å². The number of hydrogen-bond acceptors (Lipinski definition) is 6. The molecule has 7 heteroatoms. The van der Waals surface area contributed by atoms with E-state index in [1.54, 1.807) is 0 Å². The molecule has 0 saturated heterocycles. The number of H-pyrrole nitrogens is 1. The summed E-state index contributed by atoms with van der Waals surface area (Å²) < 4.78 is 5.21. The van der Waals surface area contributed by atoms with Gasteiger partial charge in [-0.1, -0.05) is 5.16 Å². The first-order chi connectivity index (χ1) is 8.74. The number of rotatable bonds is 2. The van der Waals surface area contributed by atoms with E-state index in [9.17, 15) is 0 Å². The molecule has 3 heterocycles. The molecule has 0 bridgehead atoms. The van der Waals surface area contributed by atoms with Gasteiger partial charge in [0.2, 0.25) is 5.82 Å². The molecule has 0 saturated carbocycles. The number of nitrogens with one attached hydrogen (secondary N) is 1. The monoisotopic (exact) mass is 242 g/mol. The first-order valence-electron chi connectivity index (χ1n) is 5.38. The molecule has 7 nitrogen and oxygen atoms in total. The Morgan fingerprint density at radius 3 is 2.78 bits per heavy atom. The predicted molar refractivity (Wildman–Crippen MR) is 62.4 cm³/mol. The third kappa shape index (κ3) is 1.75. The Kier molecular flexibility index (Phi) is 2.36.